The van der Waals surface area contributed by atoms with E-state index in [0.29, 0.717) is 12.5 Å². The van der Waals surface area contributed by atoms with Crippen LogP contribution >= 0.6 is 0 Å². The number of hydrogen-bond acceptors (Lipinski definition) is 4. The number of anilines is 1. The van der Waals surface area contributed by atoms with Crippen molar-refractivity contribution in [2.24, 2.45) is 0 Å². The molecule has 0 amide bonds. The second-order valence-electron chi connectivity index (χ2n) is 6.47. The van der Waals surface area contributed by atoms with Gasteiger partial charge >= 0.3 is 0 Å². The van der Waals surface area contributed by atoms with Crippen LogP contribution in [0.3, 0.4) is 0 Å². The van der Waals surface area contributed by atoms with Gasteiger partial charge in [0.2, 0.25) is 5.88 Å². The quantitative estimate of drug-likeness (QED) is 0.894. The van der Waals surface area contributed by atoms with Gasteiger partial charge in [0, 0.05) is 17.0 Å². The van der Waals surface area contributed by atoms with E-state index in [0.717, 1.165) is 11.6 Å². The Hall–Kier alpha value is -1.32. The molecule has 0 spiro atoms. The van der Waals surface area contributed by atoms with Crippen molar-refractivity contribution in [2.45, 2.75) is 59.4 Å². The zero-order chi connectivity index (χ0) is 14.0. The molecule has 0 saturated heterocycles. The first-order chi connectivity index (χ1) is 8.12. The van der Waals surface area contributed by atoms with E-state index in [-0.39, 0.29) is 11.0 Å². The standard InChI is InChI=1S/C14H25N3O/c1-8-18-11-9-10(17-14(5,6)7)15-12(16-11)13(2,3)4/h9H,8H2,1-7H3,(H,15,16,17). The van der Waals surface area contributed by atoms with Gasteiger partial charge in [0.05, 0.1) is 6.61 Å². The first-order valence-corrected chi connectivity index (χ1v) is 6.42. The fourth-order valence-corrected chi connectivity index (χ4v) is 1.43. The van der Waals surface area contributed by atoms with Gasteiger partial charge in [0.25, 0.3) is 0 Å². The maximum Gasteiger partial charge on any atom is 0.218 e. The van der Waals surface area contributed by atoms with Crippen LogP contribution in [-0.4, -0.2) is 22.1 Å². The third-order valence-electron chi connectivity index (χ3n) is 2.17. The smallest absolute Gasteiger partial charge is 0.218 e. The third-order valence-corrected chi connectivity index (χ3v) is 2.17. The van der Waals surface area contributed by atoms with Crippen LogP contribution < -0.4 is 10.1 Å². The monoisotopic (exact) mass is 251 g/mol. The second kappa shape index (κ2) is 5.12. The van der Waals surface area contributed by atoms with Gasteiger partial charge < -0.3 is 10.1 Å². The van der Waals surface area contributed by atoms with Crippen molar-refractivity contribution in [3.8, 4) is 5.88 Å². The Morgan fingerprint density at radius 3 is 2.17 bits per heavy atom. The molecule has 0 aromatic carbocycles. The normalized spacial score (nSPS) is 12.4. The SMILES string of the molecule is CCOc1cc(NC(C)(C)C)nc(C(C)(C)C)n1. The third kappa shape index (κ3) is 4.51. The number of rotatable bonds is 3. The first kappa shape index (κ1) is 14.7. The van der Waals surface area contributed by atoms with E-state index in [1.54, 1.807) is 0 Å². The van der Waals surface area contributed by atoms with Crippen LogP contribution in [0.1, 0.15) is 54.3 Å². The number of aromatic nitrogens is 2. The van der Waals surface area contributed by atoms with Gasteiger partial charge in [0.15, 0.2) is 0 Å². The molecule has 4 nitrogen and oxygen atoms in total. The van der Waals surface area contributed by atoms with E-state index >= 15 is 0 Å². The average molecular weight is 251 g/mol. The Bertz CT molecular complexity index is 402. The predicted molar refractivity (Wildman–Crippen MR) is 75.3 cm³/mol. The summed E-state index contributed by atoms with van der Waals surface area (Å²) in [6.07, 6.45) is 0. The summed E-state index contributed by atoms with van der Waals surface area (Å²) in [4.78, 5) is 9.02. The maximum absolute atomic E-state index is 5.51. The molecule has 1 aromatic heterocycles. The molecule has 0 unspecified atom stereocenters. The largest absolute Gasteiger partial charge is 0.478 e. The van der Waals surface area contributed by atoms with E-state index < -0.39 is 0 Å². The van der Waals surface area contributed by atoms with E-state index in [2.05, 4.69) is 56.8 Å². The average Bonchev–Trinajstić information content (AvgIpc) is 2.13. The lowest BCUT2D eigenvalue weighted by atomic mass is 9.96. The van der Waals surface area contributed by atoms with Crippen molar-refractivity contribution in [3.63, 3.8) is 0 Å². The molecule has 0 bridgehead atoms. The number of ether oxygens (including phenoxy) is 1. The van der Waals surface area contributed by atoms with Crippen molar-refractivity contribution in [3.05, 3.63) is 11.9 Å². The van der Waals surface area contributed by atoms with E-state index in [4.69, 9.17) is 4.74 Å². The molecule has 0 aliphatic carbocycles. The van der Waals surface area contributed by atoms with E-state index in [9.17, 15) is 0 Å². The molecule has 1 heterocycles. The van der Waals surface area contributed by atoms with E-state index in [1.807, 2.05) is 13.0 Å². The van der Waals surface area contributed by atoms with Gasteiger partial charge in [-0.15, -0.1) is 0 Å². The van der Waals surface area contributed by atoms with Crippen LogP contribution in [-0.2, 0) is 5.41 Å². The Balaban J connectivity index is 3.14. The van der Waals surface area contributed by atoms with Gasteiger partial charge in [-0.25, -0.2) is 4.98 Å². The van der Waals surface area contributed by atoms with Crippen molar-refractivity contribution in [1.29, 1.82) is 0 Å². The van der Waals surface area contributed by atoms with E-state index in [1.165, 1.54) is 0 Å². The summed E-state index contributed by atoms with van der Waals surface area (Å²) in [7, 11) is 0. The Morgan fingerprint density at radius 1 is 1.11 bits per heavy atom. The van der Waals surface area contributed by atoms with Crippen molar-refractivity contribution in [1.82, 2.24) is 9.97 Å². The highest BCUT2D eigenvalue weighted by molar-refractivity contribution is 5.41. The molecular weight excluding hydrogens is 226 g/mol. The Morgan fingerprint density at radius 2 is 1.72 bits per heavy atom. The van der Waals surface area contributed by atoms with Crippen LogP contribution in [0.25, 0.3) is 0 Å². The molecule has 0 radical (unpaired) electrons. The molecule has 0 aliphatic rings. The van der Waals surface area contributed by atoms with Crippen molar-refractivity contribution >= 4 is 5.82 Å². The minimum Gasteiger partial charge on any atom is -0.478 e. The number of nitrogens with zero attached hydrogens (tertiary/aromatic N) is 2. The fourth-order valence-electron chi connectivity index (χ4n) is 1.43. The molecule has 0 atom stereocenters. The predicted octanol–water partition coefficient (Wildman–Crippen LogP) is 3.38. The molecule has 0 aliphatic heterocycles. The zero-order valence-corrected chi connectivity index (χ0v) is 12.6. The summed E-state index contributed by atoms with van der Waals surface area (Å²) >= 11 is 0. The molecule has 0 fully saturated rings. The summed E-state index contributed by atoms with van der Waals surface area (Å²) in [5.41, 5.74) is -0.131. The molecule has 18 heavy (non-hydrogen) atoms. The molecule has 4 heteroatoms. The van der Waals surface area contributed by atoms with Crippen LogP contribution in [0.2, 0.25) is 0 Å². The maximum atomic E-state index is 5.51. The zero-order valence-electron chi connectivity index (χ0n) is 12.6. The summed E-state index contributed by atoms with van der Waals surface area (Å²) < 4.78 is 5.51. The van der Waals surface area contributed by atoms with Gasteiger partial charge in [0.1, 0.15) is 11.6 Å². The van der Waals surface area contributed by atoms with Gasteiger partial charge in [-0.05, 0) is 27.7 Å². The molecule has 1 rings (SSSR count). The highest BCUT2D eigenvalue weighted by Crippen LogP contribution is 2.24. The van der Waals surface area contributed by atoms with Crippen molar-refractivity contribution in [2.75, 3.05) is 11.9 Å². The molecule has 102 valence electrons. The fraction of sp³-hybridized carbons (Fsp3) is 0.714. The highest BCUT2D eigenvalue weighted by atomic mass is 16.5. The summed E-state index contributed by atoms with van der Waals surface area (Å²) in [6, 6.07) is 1.85. The van der Waals surface area contributed by atoms with Gasteiger partial charge in [-0.2, -0.15) is 4.98 Å². The van der Waals surface area contributed by atoms with Crippen LogP contribution in [0.5, 0.6) is 5.88 Å². The summed E-state index contributed by atoms with van der Waals surface area (Å²) in [5.74, 6) is 2.23. The lowest BCUT2D eigenvalue weighted by Crippen LogP contribution is -2.28. The van der Waals surface area contributed by atoms with Gasteiger partial charge in [-0.1, -0.05) is 20.8 Å². The highest BCUT2D eigenvalue weighted by Gasteiger charge is 2.21. The minimum absolute atomic E-state index is 0.0347. The molecule has 0 saturated carbocycles. The second-order valence-corrected chi connectivity index (χ2v) is 6.47. The summed E-state index contributed by atoms with van der Waals surface area (Å²) in [5, 5.41) is 3.36. The lowest BCUT2D eigenvalue weighted by Gasteiger charge is -2.24. The molecule has 1 N–H and O–H groups in total. The summed E-state index contributed by atoms with van der Waals surface area (Å²) in [6.45, 7) is 15.2. The first-order valence-electron chi connectivity index (χ1n) is 6.42. The molecular formula is C14H25N3O. The number of nitrogens with one attached hydrogen (secondary N) is 1. The van der Waals surface area contributed by atoms with Crippen LogP contribution in [0.15, 0.2) is 6.07 Å². The lowest BCUT2D eigenvalue weighted by molar-refractivity contribution is 0.322. The van der Waals surface area contributed by atoms with Crippen LogP contribution in [0.4, 0.5) is 5.82 Å². The Labute approximate surface area is 110 Å². The van der Waals surface area contributed by atoms with Gasteiger partial charge in [-0.3, -0.25) is 0 Å². The number of hydrogen-bond donors (Lipinski definition) is 1. The van der Waals surface area contributed by atoms with Crippen molar-refractivity contribution < 1.29 is 4.74 Å². The minimum atomic E-state index is -0.0958. The molecule has 1 aromatic rings. The Kier molecular flexibility index (Phi) is 4.20. The topological polar surface area (TPSA) is 47.0 Å². The van der Waals surface area contributed by atoms with Crippen LogP contribution in [0, 0.1) is 0 Å².